The number of benzene rings is 2. The van der Waals surface area contributed by atoms with Crippen LogP contribution in [0.15, 0.2) is 65.1 Å². The lowest BCUT2D eigenvalue weighted by Crippen LogP contribution is -2.38. The maximum absolute atomic E-state index is 13.4. The molecule has 1 atom stereocenters. The van der Waals surface area contributed by atoms with Gasteiger partial charge in [0.05, 0.1) is 18.8 Å². The van der Waals surface area contributed by atoms with Gasteiger partial charge in [-0.3, -0.25) is 4.79 Å². The quantitative estimate of drug-likeness (QED) is 0.401. The van der Waals surface area contributed by atoms with Crippen molar-refractivity contribution < 1.29 is 23.4 Å². The van der Waals surface area contributed by atoms with Crippen molar-refractivity contribution in [2.45, 2.75) is 31.7 Å². The molecule has 0 aliphatic carbocycles. The molecule has 0 spiro atoms. The summed E-state index contributed by atoms with van der Waals surface area (Å²) in [5.74, 6) is 0.298. The number of hydrogen-bond acceptors (Lipinski definition) is 5. The Bertz CT molecular complexity index is 975. The van der Waals surface area contributed by atoms with Crippen LogP contribution in [0.25, 0.3) is 11.3 Å². The van der Waals surface area contributed by atoms with E-state index in [1.165, 1.54) is 17.7 Å². The fourth-order valence-electron chi connectivity index (χ4n) is 3.14. The molecular formula is C24H27FN2O4. The first-order valence-electron chi connectivity index (χ1n) is 10.3. The predicted molar refractivity (Wildman–Crippen MR) is 117 cm³/mol. The van der Waals surface area contributed by atoms with E-state index in [1.54, 1.807) is 18.2 Å². The number of nitrogens with two attached hydrogens (primary N) is 1. The molecule has 0 aliphatic heterocycles. The van der Waals surface area contributed by atoms with Crippen molar-refractivity contribution in [3.05, 3.63) is 72.2 Å². The Kier molecular flexibility index (Phi) is 8.20. The Morgan fingerprint density at radius 1 is 1.10 bits per heavy atom. The van der Waals surface area contributed by atoms with Crippen molar-refractivity contribution in [1.82, 2.24) is 0 Å². The van der Waals surface area contributed by atoms with Gasteiger partial charge in [0.15, 0.2) is 0 Å². The molecule has 31 heavy (non-hydrogen) atoms. The average molecular weight is 426 g/mol. The third kappa shape index (κ3) is 6.67. The molecule has 7 heteroatoms. The first-order chi connectivity index (χ1) is 15.1. The molecular weight excluding hydrogens is 399 g/mol. The number of halogens is 1. The number of amides is 1. The smallest absolute Gasteiger partial charge is 0.278 e. The third-order valence-corrected chi connectivity index (χ3v) is 4.83. The zero-order valence-electron chi connectivity index (χ0n) is 17.2. The molecule has 1 unspecified atom stereocenters. The van der Waals surface area contributed by atoms with Gasteiger partial charge in [-0.05, 0) is 55.5 Å². The predicted octanol–water partition coefficient (Wildman–Crippen LogP) is 4.14. The number of carbonyl (C=O) groups is 1. The van der Waals surface area contributed by atoms with E-state index in [4.69, 9.17) is 20.0 Å². The highest BCUT2D eigenvalue weighted by molar-refractivity contribution is 5.95. The molecule has 3 aromatic rings. The maximum atomic E-state index is 13.4. The molecule has 0 fully saturated rings. The van der Waals surface area contributed by atoms with Crippen LogP contribution in [0.1, 0.15) is 24.8 Å². The summed E-state index contributed by atoms with van der Waals surface area (Å²) in [5.41, 5.74) is 7.82. The zero-order chi connectivity index (χ0) is 22.1. The van der Waals surface area contributed by atoms with E-state index in [0.29, 0.717) is 29.4 Å². The van der Waals surface area contributed by atoms with Gasteiger partial charge >= 0.3 is 0 Å². The molecule has 1 heterocycles. The number of ether oxygens (including phenoxy) is 1. The summed E-state index contributed by atoms with van der Waals surface area (Å²) in [7, 11) is 0. The standard InChI is InChI=1S/C24H27FN2O4/c25-23-13-12-22(31-23)19-15-18(27-24(29)20(26)16-28)10-11-21(19)30-14-6-2-5-9-17-7-3-1-4-8-17/h1,3-4,7-8,10-13,15,20,28H,2,5-6,9,14,16,26H2,(H,27,29). The topological polar surface area (TPSA) is 97.7 Å². The second-order valence-electron chi connectivity index (χ2n) is 7.24. The van der Waals surface area contributed by atoms with Crippen LogP contribution in [0.4, 0.5) is 10.1 Å². The van der Waals surface area contributed by atoms with Gasteiger partial charge in [-0.1, -0.05) is 30.3 Å². The van der Waals surface area contributed by atoms with Crippen molar-refractivity contribution in [2.24, 2.45) is 5.73 Å². The van der Waals surface area contributed by atoms with Gasteiger partial charge in [0.1, 0.15) is 17.6 Å². The van der Waals surface area contributed by atoms with Crippen molar-refractivity contribution in [1.29, 1.82) is 0 Å². The second-order valence-corrected chi connectivity index (χ2v) is 7.24. The highest BCUT2D eigenvalue weighted by Crippen LogP contribution is 2.34. The minimum Gasteiger partial charge on any atom is -0.493 e. The summed E-state index contributed by atoms with van der Waals surface area (Å²) in [5, 5.41) is 11.6. The lowest BCUT2D eigenvalue weighted by atomic mass is 10.1. The molecule has 2 aromatic carbocycles. The van der Waals surface area contributed by atoms with Gasteiger partial charge < -0.3 is 25.3 Å². The Hall–Kier alpha value is -3.16. The SMILES string of the molecule is NC(CO)C(=O)Nc1ccc(OCCCCCc2ccccc2)c(-c2ccc(F)o2)c1. The van der Waals surface area contributed by atoms with Gasteiger partial charge in [-0.15, -0.1) is 0 Å². The van der Waals surface area contributed by atoms with Crippen molar-refractivity contribution in [2.75, 3.05) is 18.5 Å². The number of hydrogen-bond donors (Lipinski definition) is 3. The van der Waals surface area contributed by atoms with Crippen LogP contribution in [0.5, 0.6) is 5.75 Å². The number of aliphatic hydroxyl groups is 1. The van der Waals surface area contributed by atoms with Gasteiger partial charge in [0, 0.05) is 11.8 Å². The Morgan fingerprint density at radius 3 is 2.61 bits per heavy atom. The Morgan fingerprint density at radius 2 is 1.90 bits per heavy atom. The number of carbonyl (C=O) groups excluding carboxylic acids is 1. The van der Waals surface area contributed by atoms with Crippen LogP contribution in [0.3, 0.4) is 0 Å². The molecule has 0 saturated carbocycles. The number of rotatable bonds is 11. The lowest BCUT2D eigenvalue weighted by Gasteiger charge is -2.14. The van der Waals surface area contributed by atoms with Gasteiger partial charge in [-0.25, -0.2) is 0 Å². The molecule has 0 bridgehead atoms. The van der Waals surface area contributed by atoms with Crippen LogP contribution < -0.4 is 15.8 Å². The molecule has 1 amide bonds. The summed E-state index contributed by atoms with van der Waals surface area (Å²) in [6.45, 7) is 0.0413. The average Bonchev–Trinajstić information content (AvgIpc) is 3.23. The van der Waals surface area contributed by atoms with Gasteiger partial charge in [0.25, 0.3) is 6.01 Å². The second kappa shape index (κ2) is 11.3. The first kappa shape index (κ1) is 22.5. The minimum atomic E-state index is -1.03. The fraction of sp³-hybridized carbons (Fsp3) is 0.292. The van der Waals surface area contributed by atoms with Crippen molar-refractivity contribution >= 4 is 11.6 Å². The number of aliphatic hydroxyl groups excluding tert-OH is 1. The van der Waals surface area contributed by atoms with E-state index in [2.05, 4.69) is 17.4 Å². The summed E-state index contributed by atoms with van der Waals surface area (Å²) >= 11 is 0. The first-order valence-corrected chi connectivity index (χ1v) is 10.3. The molecule has 4 N–H and O–H groups in total. The van der Waals surface area contributed by atoms with Gasteiger partial charge in [0.2, 0.25) is 5.91 Å². The monoisotopic (exact) mass is 426 g/mol. The largest absolute Gasteiger partial charge is 0.493 e. The Labute approximate surface area is 180 Å². The normalized spacial score (nSPS) is 11.8. The van der Waals surface area contributed by atoms with E-state index < -0.39 is 24.6 Å². The number of anilines is 1. The van der Waals surface area contributed by atoms with Crippen molar-refractivity contribution in [3.63, 3.8) is 0 Å². The summed E-state index contributed by atoms with van der Waals surface area (Å²) in [4.78, 5) is 11.9. The number of nitrogens with one attached hydrogen (secondary N) is 1. The molecule has 6 nitrogen and oxygen atoms in total. The minimum absolute atomic E-state index is 0.291. The van der Waals surface area contributed by atoms with Gasteiger partial charge in [-0.2, -0.15) is 4.39 Å². The summed E-state index contributed by atoms with van der Waals surface area (Å²) < 4.78 is 24.4. The highest BCUT2D eigenvalue weighted by Gasteiger charge is 2.16. The maximum Gasteiger partial charge on any atom is 0.278 e. The summed E-state index contributed by atoms with van der Waals surface area (Å²) in [6.07, 6.45) is 4.00. The van der Waals surface area contributed by atoms with Crippen LogP contribution in [-0.2, 0) is 11.2 Å². The molecule has 0 aliphatic rings. The lowest BCUT2D eigenvalue weighted by molar-refractivity contribution is -0.118. The Balaban J connectivity index is 1.60. The number of unbranched alkanes of at least 4 members (excludes halogenated alkanes) is 2. The van der Waals surface area contributed by atoms with E-state index in [9.17, 15) is 9.18 Å². The summed E-state index contributed by atoms with van der Waals surface area (Å²) in [6, 6.07) is 16.3. The molecule has 0 saturated heterocycles. The van der Waals surface area contributed by atoms with Crippen LogP contribution in [0.2, 0.25) is 0 Å². The van der Waals surface area contributed by atoms with E-state index in [1.807, 2.05) is 18.2 Å². The molecule has 0 radical (unpaired) electrons. The molecule has 164 valence electrons. The van der Waals surface area contributed by atoms with E-state index in [0.717, 1.165) is 25.7 Å². The zero-order valence-corrected chi connectivity index (χ0v) is 17.2. The molecule has 1 aromatic heterocycles. The van der Waals surface area contributed by atoms with Crippen molar-refractivity contribution in [3.8, 4) is 17.1 Å². The highest BCUT2D eigenvalue weighted by atomic mass is 19.1. The molecule has 3 rings (SSSR count). The van der Waals surface area contributed by atoms with E-state index >= 15 is 0 Å². The van der Waals surface area contributed by atoms with Crippen LogP contribution in [0, 0.1) is 6.01 Å². The van der Waals surface area contributed by atoms with Crippen LogP contribution >= 0.6 is 0 Å². The third-order valence-electron chi connectivity index (χ3n) is 4.83. The number of furan rings is 1. The van der Waals surface area contributed by atoms with Crippen LogP contribution in [-0.4, -0.2) is 30.3 Å². The fourth-order valence-corrected chi connectivity index (χ4v) is 3.14. The van der Waals surface area contributed by atoms with E-state index in [-0.39, 0.29) is 0 Å². The number of aryl methyl sites for hydroxylation is 1.